The van der Waals surface area contributed by atoms with Crippen LogP contribution in [0.1, 0.15) is 25.5 Å². The Labute approximate surface area is 152 Å². The van der Waals surface area contributed by atoms with E-state index in [-0.39, 0.29) is 0 Å². The zero-order valence-electron chi connectivity index (χ0n) is 15.2. The number of rotatable bonds is 6. The van der Waals surface area contributed by atoms with E-state index in [1.165, 1.54) is 0 Å². The van der Waals surface area contributed by atoms with Crippen molar-refractivity contribution in [2.45, 2.75) is 32.2 Å². The SMILES string of the molecule is CCCc1nn2c(-c3cccc(NC4CCNC4)n3)cnc2cc1OC. The van der Waals surface area contributed by atoms with E-state index in [0.29, 0.717) is 6.04 Å². The maximum Gasteiger partial charge on any atom is 0.157 e. The van der Waals surface area contributed by atoms with Gasteiger partial charge in [-0.25, -0.2) is 14.5 Å². The Morgan fingerprint density at radius 1 is 1.38 bits per heavy atom. The van der Waals surface area contributed by atoms with Gasteiger partial charge in [-0.05, 0) is 31.5 Å². The number of aryl methyl sites for hydroxylation is 1. The smallest absolute Gasteiger partial charge is 0.157 e. The quantitative estimate of drug-likeness (QED) is 0.710. The number of hydrogen-bond acceptors (Lipinski definition) is 6. The van der Waals surface area contributed by atoms with Crippen LogP contribution < -0.4 is 15.4 Å². The molecule has 4 rings (SSSR count). The number of methoxy groups -OCH3 is 1. The second-order valence-corrected chi connectivity index (χ2v) is 6.56. The fraction of sp³-hybridized carbons (Fsp3) is 0.421. The predicted molar refractivity (Wildman–Crippen MR) is 102 cm³/mol. The molecule has 1 unspecified atom stereocenters. The molecule has 0 saturated carbocycles. The molecule has 1 saturated heterocycles. The van der Waals surface area contributed by atoms with Crippen molar-refractivity contribution in [2.24, 2.45) is 0 Å². The van der Waals surface area contributed by atoms with Crippen molar-refractivity contribution in [1.82, 2.24) is 24.9 Å². The van der Waals surface area contributed by atoms with Gasteiger partial charge >= 0.3 is 0 Å². The Bertz CT molecular complexity index is 900. The molecule has 7 nitrogen and oxygen atoms in total. The van der Waals surface area contributed by atoms with Crippen LogP contribution in [0.2, 0.25) is 0 Å². The van der Waals surface area contributed by atoms with Crippen LogP contribution in [0.3, 0.4) is 0 Å². The average Bonchev–Trinajstić information content (AvgIpc) is 3.31. The first-order valence-corrected chi connectivity index (χ1v) is 9.15. The molecule has 1 atom stereocenters. The molecule has 0 spiro atoms. The van der Waals surface area contributed by atoms with Crippen molar-refractivity contribution in [1.29, 1.82) is 0 Å². The van der Waals surface area contributed by atoms with Gasteiger partial charge < -0.3 is 15.4 Å². The molecule has 136 valence electrons. The number of nitrogens with one attached hydrogen (secondary N) is 2. The minimum absolute atomic E-state index is 0.429. The van der Waals surface area contributed by atoms with E-state index < -0.39 is 0 Å². The van der Waals surface area contributed by atoms with E-state index in [1.807, 2.05) is 35.0 Å². The molecular formula is C19H24N6O. The number of fused-ring (bicyclic) bond motifs is 1. The molecule has 4 heterocycles. The molecule has 0 aliphatic carbocycles. The number of hydrogen-bond donors (Lipinski definition) is 2. The lowest BCUT2D eigenvalue weighted by Gasteiger charge is -2.13. The standard InChI is InChI=1S/C19H24N6O/c1-3-5-15-17(26-2)10-19-21-12-16(25(19)24-15)14-6-4-7-18(23-14)22-13-8-9-20-11-13/h4,6-7,10,12-13,20H,3,5,8-9,11H2,1-2H3,(H,22,23). The topological polar surface area (TPSA) is 76.4 Å². The Kier molecular flexibility index (Phi) is 4.71. The predicted octanol–water partition coefficient (Wildman–Crippen LogP) is 2.53. The molecule has 0 aromatic carbocycles. The van der Waals surface area contributed by atoms with Crippen LogP contribution in [0.25, 0.3) is 17.0 Å². The van der Waals surface area contributed by atoms with Crippen LogP contribution in [0.4, 0.5) is 5.82 Å². The maximum atomic E-state index is 5.47. The van der Waals surface area contributed by atoms with Gasteiger partial charge in [-0.2, -0.15) is 5.10 Å². The fourth-order valence-corrected chi connectivity index (χ4v) is 3.34. The minimum atomic E-state index is 0.429. The second kappa shape index (κ2) is 7.29. The third-order valence-corrected chi connectivity index (χ3v) is 4.66. The summed E-state index contributed by atoms with van der Waals surface area (Å²) in [4.78, 5) is 9.26. The first-order chi connectivity index (χ1) is 12.8. The van der Waals surface area contributed by atoms with Crippen molar-refractivity contribution >= 4 is 11.5 Å². The van der Waals surface area contributed by atoms with Crippen molar-refractivity contribution in [2.75, 3.05) is 25.5 Å². The molecular weight excluding hydrogens is 328 g/mol. The first kappa shape index (κ1) is 16.8. The van der Waals surface area contributed by atoms with Gasteiger partial charge in [0, 0.05) is 18.7 Å². The lowest BCUT2D eigenvalue weighted by molar-refractivity contribution is 0.405. The summed E-state index contributed by atoms with van der Waals surface area (Å²) < 4.78 is 7.32. The molecule has 1 aliphatic heterocycles. The monoisotopic (exact) mass is 352 g/mol. The third-order valence-electron chi connectivity index (χ3n) is 4.66. The molecule has 26 heavy (non-hydrogen) atoms. The molecule has 0 amide bonds. The average molecular weight is 352 g/mol. The zero-order valence-corrected chi connectivity index (χ0v) is 15.2. The van der Waals surface area contributed by atoms with Crippen molar-refractivity contribution in [3.63, 3.8) is 0 Å². The maximum absolute atomic E-state index is 5.47. The number of anilines is 1. The van der Waals surface area contributed by atoms with Crippen LogP contribution in [0, 0.1) is 0 Å². The van der Waals surface area contributed by atoms with Gasteiger partial charge in [0.2, 0.25) is 0 Å². The van der Waals surface area contributed by atoms with E-state index in [4.69, 9.17) is 14.8 Å². The van der Waals surface area contributed by atoms with Crippen molar-refractivity contribution < 1.29 is 4.74 Å². The Morgan fingerprint density at radius 2 is 2.31 bits per heavy atom. The van der Waals surface area contributed by atoms with Gasteiger partial charge in [-0.3, -0.25) is 0 Å². The Hall–Kier alpha value is -2.67. The van der Waals surface area contributed by atoms with Crippen LogP contribution in [0.5, 0.6) is 5.75 Å². The number of ether oxygens (including phenoxy) is 1. The first-order valence-electron chi connectivity index (χ1n) is 9.15. The minimum Gasteiger partial charge on any atom is -0.495 e. The molecule has 7 heteroatoms. The van der Waals surface area contributed by atoms with E-state index in [2.05, 4.69) is 22.5 Å². The molecule has 3 aromatic rings. The summed E-state index contributed by atoms with van der Waals surface area (Å²) in [6.07, 6.45) is 4.80. The molecule has 3 aromatic heterocycles. The highest BCUT2D eigenvalue weighted by Gasteiger charge is 2.16. The number of aromatic nitrogens is 4. The lowest BCUT2D eigenvalue weighted by Crippen LogP contribution is -2.22. The zero-order chi connectivity index (χ0) is 17.9. The van der Waals surface area contributed by atoms with Gasteiger partial charge in [0.15, 0.2) is 5.65 Å². The highest BCUT2D eigenvalue weighted by Crippen LogP contribution is 2.25. The van der Waals surface area contributed by atoms with Gasteiger partial charge in [-0.15, -0.1) is 0 Å². The lowest BCUT2D eigenvalue weighted by atomic mass is 10.2. The van der Waals surface area contributed by atoms with Crippen LogP contribution >= 0.6 is 0 Å². The summed E-state index contributed by atoms with van der Waals surface area (Å²) in [6, 6.07) is 8.38. The number of imidazole rings is 1. The normalized spacial score (nSPS) is 16.9. The van der Waals surface area contributed by atoms with Gasteiger partial charge in [0.25, 0.3) is 0 Å². The molecule has 1 fully saturated rings. The Morgan fingerprint density at radius 3 is 3.08 bits per heavy atom. The van der Waals surface area contributed by atoms with Crippen LogP contribution in [0.15, 0.2) is 30.5 Å². The summed E-state index contributed by atoms with van der Waals surface area (Å²) in [5.41, 5.74) is 3.44. The summed E-state index contributed by atoms with van der Waals surface area (Å²) >= 11 is 0. The van der Waals surface area contributed by atoms with Crippen molar-refractivity contribution in [3.05, 3.63) is 36.2 Å². The number of nitrogens with zero attached hydrogens (tertiary/aromatic N) is 4. The summed E-state index contributed by atoms with van der Waals surface area (Å²) in [7, 11) is 1.67. The van der Waals surface area contributed by atoms with Crippen molar-refractivity contribution in [3.8, 4) is 17.1 Å². The van der Waals surface area contributed by atoms with E-state index in [9.17, 15) is 0 Å². The number of pyridine rings is 1. The molecule has 0 bridgehead atoms. The van der Waals surface area contributed by atoms with E-state index in [0.717, 1.165) is 66.6 Å². The fourth-order valence-electron chi connectivity index (χ4n) is 3.34. The third kappa shape index (κ3) is 3.22. The highest BCUT2D eigenvalue weighted by molar-refractivity contribution is 5.62. The van der Waals surface area contributed by atoms with Crippen LogP contribution in [-0.2, 0) is 6.42 Å². The van der Waals surface area contributed by atoms with Gasteiger partial charge in [0.05, 0.1) is 19.0 Å². The van der Waals surface area contributed by atoms with E-state index >= 15 is 0 Å². The second-order valence-electron chi connectivity index (χ2n) is 6.56. The van der Waals surface area contributed by atoms with Crippen LogP contribution in [-0.4, -0.2) is 45.8 Å². The van der Waals surface area contributed by atoms with E-state index in [1.54, 1.807) is 7.11 Å². The Balaban J connectivity index is 1.70. The highest BCUT2D eigenvalue weighted by atomic mass is 16.5. The molecule has 1 aliphatic rings. The summed E-state index contributed by atoms with van der Waals surface area (Å²) in [5, 5.41) is 11.6. The summed E-state index contributed by atoms with van der Waals surface area (Å²) in [5.74, 6) is 1.67. The largest absolute Gasteiger partial charge is 0.495 e. The van der Waals surface area contributed by atoms with Gasteiger partial charge in [0.1, 0.15) is 23.0 Å². The molecule has 0 radical (unpaired) electrons. The summed E-state index contributed by atoms with van der Waals surface area (Å²) in [6.45, 7) is 4.16. The van der Waals surface area contributed by atoms with Gasteiger partial charge in [-0.1, -0.05) is 19.4 Å². The molecule has 2 N–H and O–H groups in total.